The lowest BCUT2D eigenvalue weighted by Gasteiger charge is -2.41. The predicted molar refractivity (Wildman–Crippen MR) is 104 cm³/mol. The van der Waals surface area contributed by atoms with Crippen molar-refractivity contribution in [3.8, 4) is 0 Å². The minimum absolute atomic E-state index is 0.0420. The molecule has 0 amide bonds. The Morgan fingerprint density at radius 3 is 2.52 bits per heavy atom. The normalized spacial score (nSPS) is 16.2. The van der Waals surface area contributed by atoms with E-state index >= 15 is 0 Å². The highest BCUT2D eigenvalue weighted by Gasteiger charge is 2.40. The molecule has 3 heterocycles. The number of aromatic carboxylic acids is 1. The monoisotopic (exact) mass is 381 g/mol. The molecule has 0 unspecified atom stereocenters. The zero-order chi connectivity index (χ0) is 18.9. The van der Waals surface area contributed by atoms with Crippen LogP contribution in [0.2, 0.25) is 0 Å². The van der Waals surface area contributed by atoms with Crippen LogP contribution in [0.15, 0.2) is 48.1 Å². The summed E-state index contributed by atoms with van der Waals surface area (Å²) in [7, 11) is 0. The third-order valence-electron chi connectivity index (χ3n) is 5.12. The summed E-state index contributed by atoms with van der Waals surface area (Å²) >= 11 is 1.46. The summed E-state index contributed by atoms with van der Waals surface area (Å²) in [4.78, 5) is 26.1. The smallest absolute Gasteiger partial charge is 0.356 e. The molecule has 3 N–H and O–H groups in total. The highest BCUT2D eigenvalue weighted by Crippen LogP contribution is 2.42. The van der Waals surface area contributed by atoms with Gasteiger partial charge in [0.2, 0.25) is 0 Å². The maximum Gasteiger partial charge on any atom is 0.356 e. The highest BCUT2D eigenvalue weighted by atomic mass is 32.1. The van der Waals surface area contributed by atoms with E-state index in [0.717, 1.165) is 31.6 Å². The second kappa shape index (κ2) is 6.96. The number of aromatic nitrogens is 3. The summed E-state index contributed by atoms with van der Waals surface area (Å²) in [5.41, 5.74) is 7.89. The Morgan fingerprint density at radius 2 is 1.89 bits per heavy atom. The number of rotatable bonds is 4. The Labute approximate surface area is 160 Å². The van der Waals surface area contributed by atoms with E-state index in [-0.39, 0.29) is 11.1 Å². The minimum Gasteiger partial charge on any atom is -0.476 e. The second-order valence-corrected chi connectivity index (χ2v) is 7.46. The molecular formula is C19H19N5O2S. The average molecular weight is 381 g/mol. The summed E-state index contributed by atoms with van der Waals surface area (Å²) in [5, 5.41) is 11.8. The third-order valence-corrected chi connectivity index (χ3v) is 5.79. The quantitative estimate of drug-likeness (QED) is 0.716. The Morgan fingerprint density at radius 1 is 1.15 bits per heavy atom. The molecule has 1 saturated heterocycles. The van der Waals surface area contributed by atoms with Crippen LogP contribution in [0.25, 0.3) is 0 Å². The van der Waals surface area contributed by atoms with Crippen LogP contribution in [-0.4, -0.2) is 39.1 Å². The van der Waals surface area contributed by atoms with Gasteiger partial charge in [-0.25, -0.2) is 14.8 Å². The largest absolute Gasteiger partial charge is 0.476 e. The third kappa shape index (κ3) is 3.23. The van der Waals surface area contributed by atoms with E-state index in [1.54, 1.807) is 6.20 Å². The van der Waals surface area contributed by atoms with Crippen LogP contribution in [0.5, 0.6) is 0 Å². The highest BCUT2D eigenvalue weighted by molar-refractivity contribution is 7.13. The maximum atomic E-state index is 11.2. The molecule has 138 valence electrons. The molecule has 1 fully saturated rings. The van der Waals surface area contributed by atoms with Gasteiger partial charge in [0, 0.05) is 23.9 Å². The molecule has 8 heteroatoms. The van der Waals surface area contributed by atoms with Crippen LogP contribution in [0.3, 0.4) is 0 Å². The Hall–Kier alpha value is -3.00. The van der Waals surface area contributed by atoms with Crippen molar-refractivity contribution >= 4 is 28.3 Å². The second-order valence-electron chi connectivity index (χ2n) is 6.57. The minimum atomic E-state index is -1.07. The van der Waals surface area contributed by atoms with Crippen LogP contribution in [0.4, 0.5) is 10.9 Å². The topological polar surface area (TPSA) is 105 Å². The van der Waals surface area contributed by atoms with Gasteiger partial charge in [-0.1, -0.05) is 30.3 Å². The molecule has 7 nitrogen and oxygen atoms in total. The lowest BCUT2D eigenvalue weighted by Crippen LogP contribution is -2.44. The van der Waals surface area contributed by atoms with Gasteiger partial charge in [-0.3, -0.25) is 4.98 Å². The van der Waals surface area contributed by atoms with Crippen molar-refractivity contribution in [3.05, 3.63) is 65.1 Å². The Kier molecular flexibility index (Phi) is 4.49. The van der Waals surface area contributed by atoms with Crippen molar-refractivity contribution in [2.24, 2.45) is 0 Å². The number of hydrogen-bond donors (Lipinski definition) is 2. The number of nitrogen functional groups attached to an aromatic ring is 1. The molecule has 4 rings (SSSR count). The van der Waals surface area contributed by atoms with Crippen molar-refractivity contribution in [1.82, 2.24) is 15.0 Å². The molecule has 1 aromatic carbocycles. The van der Waals surface area contributed by atoms with Gasteiger partial charge in [0.15, 0.2) is 10.8 Å². The first-order valence-electron chi connectivity index (χ1n) is 8.66. The molecule has 3 aromatic rings. The van der Waals surface area contributed by atoms with Gasteiger partial charge >= 0.3 is 5.97 Å². The van der Waals surface area contributed by atoms with Crippen molar-refractivity contribution in [3.63, 3.8) is 0 Å². The Balaban J connectivity index is 1.64. The van der Waals surface area contributed by atoms with Crippen LogP contribution in [0.1, 0.15) is 34.6 Å². The van der Waals surface area contributed by atoms with E-state index in [2.05, 4.69) is 32.0 Å². The molecular weight excluding hydrogens is 362 g/mol. The molecule has 27 heavy (non-hydrogen) atoms. The van der Waals surface area contributed by atoms with Crippen LogP contribution < -0.4 is 10.6 Å². The van der Waals surface area contributed by atoms with E-state index in [4.69, 9.17) is 10.8 Å². The molecule has 0 bridgehead atoms. The van der Waals surface area contributed by atoms with Gasteiger partial charge < -0.3 is 15.7 Å². The van der Waals surface area contributed by atoms with Crippen molar-refractivity contribution in [1.29, 1.82) is 0 Å². The molecule has 0 radical (unpaired) electrons. The zero-order valence-corrected chi connectivity index (χ0v) is 15.4. The van der Waals surface area contributed by atoms with Gasteiger partial charge in [-0.15, -0.1) is 11.3 Å². The molecule has 0 saturated carbocycles. The number of thiazole rings is 1. The number of nitrogens with zero attached hydrogens (tertiary/aromatic N) is 4. The van der Waals surface area contributed by atoms with Gasteiger partial charge in [-0.2, -0.15) is 0 Å². The van der Waals surface area contributed by atoms with E-state index in [0.29, 0.717) is 10.9 Å². The summed E-state index contributed by atoms with van der Waals surface area (Å²) in [6.07, 6.45) is 4.54. The zero-order valence-electron chi connectivity index (χ0n) is 14.6. The summed E-state index contributed by atoms with van der Waals surface area (Å²) in [6, 6.07) is 10.4. The van der Waals surface area contributed by atoms with Crippen molar-refractivity contribution in [2.75, 3.05) is 23.7 Å². The fraction of sp³-hybridized carbons (Fsp3) is 0.263. The standard InChI is InChI=1S/C19H19N5O2S/c20-18-23-15(12-27-18)19(13-4-2-1-3-5-13)6-8-24(9-7-19)16-11-21-10-14(22-16)17(25)26/h1-5,10-12H,6-9H2,(H2,20,23)(H,25,26). The van der Waals surface area contributed by atoms with Gasteiger partial charge in [0.05, 0.1) is 18.1 Å². The first-order chi connectivity index (χ1) is 13.1. The number of nitrogens with two attached hydrogens (primary N) is 1. The van der Waals surface area contributed by atoms with Crippen LogP contribution in [0, 0.1) is 0 Å². The summed E-state index contributed by atoms with van der Waals surface area (Å²) < 4.78 is 0. The summed E-state index contributed by atoms with van der Waals surface area (Å²) in [6.45, 7) is 1.45. The fourth-order valence-corrected chi connectivity index (χ4v) is 4.35. The van der Waals surface area contributed by atoms with E-state index < -0.39 is 5.97 Å². The molecule has 1 aliphatic heterocycles. The maximum absolute atomic E-state index is 11.2. The van der Waals surface area contributed by atoms with Crippen LogP contribution in [-0.2, 0) is 5.41 Å². The van der Waals surface area contributed by atoms with E-state index in [1.807, 2.05) is 23.6 Å². The fourth-order valence-electron chi connectivity index (χ4n) is 3.69. The molecule has 0 atom stereocenters. The number of benzene rings is 1. The van der Waals surface area contributed by atoms with Crippen molar-refractivity contribution in [2.45, 2.75) is 18.3 Å². The van der Waals surface area contributed by atoms with E-state index in [9.17, 15) is 4.79 Å². The number of carboxylic acid groups (broad SMARTS) is 1. The van der Waals surface area contributed by atoms with Gasteiger partial charge in [0.25, 0.3) is 0 Å². The SMILES string of the molecule is Nc1nc(C2(c3ccccc3)CCN(c3cncc(C(=O)O)n3)CC2)cs1. The lowest BCUT2D eigenvalue weighted by molar-refractivity contribution is 0.0690. The van der Waals surface area contributed by atoms with E-state index in [1.165, 1.54) is 23.1 Å². The van der Waals surface area contributed by atoms with Gasteiger partial charge in [0.1, 0.15) is 5.82 Å². The molecule has 2 aromatic heterocycles. The summed E-state index contributed by atoms with van der Waals surface area (Å²) in [5.74, 6) is -0.479. The van der Waals surface area contributed by atoms with Gasteiger partial charge in [-0.05, 0) is 18.4 Å². The molecule has 1 aliphatic rings. The number of carbonyl (C=O) groups is 1. The lowest BCUT2D eigenvalue weighted by atomic mass is 9.70. The first kappa shape index (κ1) is 17.4. The number of hydrogen-bond acceptors (Lipinski definition) is 7. The Bertz CT molecular complexity index is 951. The predicted octanol–water partition coefficient (Wildman–Crippen LogP) is 2.80. The number of carboxylic acids is 1. The van der Waals surface area contributed by atoms with Crippen molar-refractivity contribution < 1.29 is 9.90 Å². The average Bonchev–Trinajstić information content (AvgIpc) is 3.16. The molecule has 0 aliphatic carbocycles. The number of piperidine rings is 1. The number of anilines is 2. The van der Waals surface area contributed by atoms with Crippen LogP contribution >= 0.6 is 11.3 Å². The molecule has 0 spiro atoms. The first-order valence-corrected chi connectivity index (χ1v) is 9.54.